The molecule has 6 nitrogen and oxygen atoms in total. The van der Waals surface area contributed by atoms with Gasteiger partial charge in [-0.1, -0.05) is 42.0 Å². The highest BCUT2D eigenvalue weighted by Crippen LogP contribution is 2.36. The van der Waals surface area contributed by atoms with Crippen molar-refractivity contribution in [1.82, 2.24) is 4.90 Å². The van der Waals surface area contributed by atoms with Crippen molar-refractivity contribution in [2.24, 2.45) is 0 Å². The van der Waals surface area contributed by atoms with Gasteiger partial charge in [0.2, 0.25) is 5.91 Å². The van der Waals surface area contributed by atoms with Gasteiger partial charge in [-0.2, -0.15) is 0 Å². The Hall–Kier alpha value is -3.23. The second kappa shape index (κ2) is 10.1. The number of anilines is 2. The number of esters is 1. The van der Waals surface area contributed by atoms with Gasteiger partial charge in [0.15, 0.2) is 0 Å². The summed E-state index contributed by atoms with van der Waals surface area (Å²) < 4.78 is 19.0. The summed E-state index contributed by atoms with van der Waals surface area (Å²) in [5.41, 5.74) is 3.70. The summed E-state index contributed by atoms with van der Waals surface area (Å²) in [7, 11) is 1.33. The van der Waals surface area contributed by atoms with Gasteiger partial charge in [-0.15, -0.1) is 11.3 Å². The summed E-state index contributed by atoms with van der Waals surface area (Å²) in [6.07, 6.45) is 0. The van der Waals surface area contributed by atoms with Crippen LogP contribution in [0, 0.1) is 12.7 Å². The van der Waals surface area contributed by atoms with Crippen LogP contribution in [0.2, 0.25) is 0 Å². The monoisotopic (exact) mass is 467 g/mol. The van der Waals surface area contributed by atoms with E-state index in [4.69, 9.17) is 4.74 Å². The molecule has 0 atom stereocenters. The number of carbonyl (C=O) groups excluding carboxylic acids is 2. The van der Waals surface area contributed by atoms with E-state index in [1.165, 1.54) is 24.5 Å². The summed E-state index contributed by atoms with van der Waals surface area (Å²) in [6.45, 7) is 4.76. The van der Waals surface area contributed by atoms with Gasteiger partial charge in [0.25, 0.3) is 0 Å². The van der Waals surface area contributed by atoms with Gasteiger partial charge in [-0.05, 0) is 24.6 Å². The number of aryl methyl sites for hydroxylation is 1. The van der Waals surface area contributed by atoms with E-state index in [-0.39, 0.29) is 18.3 Å². The quantitative estimate of drug-likeness (QED) is 0.544. The van der Waals surface area contributed by atoms with Crippen molar-refractivity contribution in [2.45, 2.75) is 6.92 Å². The minimum atomic E-state index is -0.486. The van der Waals surface area contributed by atoms with Crippen LogP contribution in [0.4, 0.5) is 15.1 Å². The van der Waals surface area contributed by atoms with Crippen molar-refractivity contribution in [1.29, 1.82) is 0 Å². The van der Waals surface area contributed by atoms with Crippen LogP contribution in [-0.2, 0) is 9.53 Å². The van der Waals surface area contributed by atoms with Crippen LogP contribution >= 0.6 is 11.3 Å². The zero-order valence-corrected chi connectivity index (χ0v) is 19.5. The Balaban J connectivity index is 1.41. The van der Waals surface area contributed by atoms with E-state index in [0.29, 0.717) is 42.4 Å². The predicted molar refractivity (Wildman–Crippen MR) is 130 cm³/mol. The number of thiophene rings is 1. The lowest BCUT2D eigenvalue weighted by atomic mass is 10.0. The molecule has 0 aliphatic carbocycles. The first-order valence-corrected chi connectivity index (χ1v) is 11.6. The zero-order valence-electron chi connectivity index (χ0n) is 18.6. The Morgan fingerprint density at radius 3 is 2.42 bits per heavy atom. The maximum absolute atomic E-state index is 14.0. The highest BCUT2D eigenvalue weighted by Gasteiger charge is 2.24. The van der Waals surface area contributed by atoms with Gasteiger partial charge in [-0.25, -0.2) is 9.18 Å². The largest absolute Gasteiger partial charge is 0.465 e. The first-order chi connectivity index (χ1) is 16.0. The van der Waals surface area contributed by atoms with E-state index in [9.17, 15) is 14.0 Å². The molecule has 2 aromatic carbocycles. The topological polar surface area (TPSA) is 61.9 Å². The van der Waals surface area contributed by atoms with Gasteiger partial charge in [0.05, 0.1) is 19.3 Å². The van der Waals surface area contributed by atoms with Gasteiger partial charge in [0.1, 0.15) is 16.4 Å². The number of benzene rings is 2. The fraction of sp³-hybridized carbons (Fsp3) is 0.280. The summed E-state index contributed by atoms with van der Waals surface area (Å²) in [5, 5.41) is 5.23. The number of carbonyl (C=O) groups is 2. The minimum Gasteiger partial charge on any atom is -0.465 e. The van der Waals surface area contributed by atoms with Crippen LogP contribution in [0.25, 0.3) is 11.1 Å². The van der Waals surface area contributed by atoms with Crippen LogP contribution in [0.1, 0.15) is 15.9 Å². The predicted octanol–water partition coefficient (Wildman–Crippen LogP) is 4.41. The number of amides is 1. The molecule has 2 heterocycles. The number of hydrogen-bond acceptors (Lipinski definition) is 6. The Morgan fingerprint density at radius 2 is 1.76 bits per heavy atom. The molecule has 1 aliphatic heterocycles. The van der Waals surface area contributed by atoms with Crippen molar-refractivity contribution in [3.8, 4) is 11.1 Å². The molecule has 0 saturated carbocycles. The second-order valence-corrected chi connectivity index (χ2v) is 8.85. The molecular formula is C25H26FN3O3S. The van der Waals surface area contributed by atoms with Crippen molar-refractivity contribution >= 4 is 33.9 Å². The molecule has 172 valence electrons. The van der Waals surface area contributed by atoms with Gasteiger partial charge in [-0.3, -0.25) is 9.69 Å². The van der Waals surface area contributed by atoms with Crippen molar-refractivity contribution in [2.75, 3.05) is 50.1 Å². The number of methoxy groups -OCH3 is 1. The van der Waals surface area contributed by atoms with E-state index in [1.807, 2.05) is 52.4 Å². The van der Waals surface area contributed by atoms with E-state index in [0.717, 1.165) is 16.7 Å². The minimum absolute atomic E-state index is 0.197. The molecule has 0 radical (unpaired) electrons. The highest BCUT2D eigenvalue weighted by atomic mass is 32.1. The van der Waals surface area contributed by atoms with Crippen LogP contribution in [0.15, 0.2) is 53.9 Å². The Labute approximate surface area is 196 Å². The third kappa shape index (κ3) is 5.23. The molecule has 0 spiro atoms. The molecule has 8 heteroatoms. The van der Waals surface area contributed by atoms with Gasteiger partial charge in [0, 0.05) is 37.1 Å². The van der Waals surface area contributed by atoms with Gasteiger partial charge < -0.3 is 15.0 Å². The summed E-state index contributed by atoms with van der Waals surface area (Å²) in [4.78, 5) is 29.3. The molecule has 1 fully saturated rings. The SMILES string of the molecule is COC(=O)c1c(-c2ccc(C)cc2)csc1NC(=O)CN1CCN(c2ccccc2F)CC1. The maximum atomic E-state index is 14.0. The lowest BCUT2D eigenvalue weighted by molar-refractivity contribution is -0.117. The smallest absolute Gasteiger partial charge is 0.341 e. The summed E-state index contributed by atoms with van der Waals surface area (Å²) >= 11 is 1.31. The third-order valence-corrected chi connectivity index (χ3v) is 6.62. The lowest BCUT2D eigenvalue weighted by Crippen LogP contribution is -2.48. The van der Waals surface area contributed by atoms with Gasteiger partial charge >= 0.3 is 5.97 Å². The van der Waals surface area contributed by atoms with Crippen LogP contribution in [0.3, 0.4) is 0 Å². The number of hydrogen-bond donors (Lipinski definition) is 1. The molecule has 1 aliphatic rings. The molecule has 0 bridgehead atoms. The summed E-state index contributed by atoms with van der Waals surface area (Å²) in [5.74, 6) is -0.918. The summed E-state index contributed by atoms with van der Waals surface area (Å²) in [6, 6.07) is 14.6. The number of rotatable bonds is 6. The average molecular weight is 468 g/mol. The molecule has 1 saturated heterocycles. The first-order valence-electron chi connectivity index (χ1n) is 10.7. The molecule has 1 aromatic heterocycles. The fourth-order valence-corrected chi connectivity index (χ4v) is 4.90. The lowest BCUT2D eigenvalue weighted by Gasteiger charge is -2.35. The number of ether oxygens (including phenoxy) is 1. The fourth-order valence-electron chi connectivity index (χ4n) is 3.92. The molecular weight excluding hydrogens is 441 g/mol. The van der Waals surface area contributed by atoms with Crippen molar-refractivity contribution in [3.05, 3.63) is 70.9 Å². The number of halogens is 1. The van der Waals surface area contributed by atoms with E-state index >= 15 is 0 Å². The maximum Gasteiger partial charge on any atom is 0.341 e. The van der Waals surface area contributed by atoms with E-state index in [1.54, 1.807) is 12.1 Å². The number of para-hydroxylation sites is 1. The zero-order chi connectivity index (χ0) is 23.4. The Morgan fingerprint density at radius 1 is 1.06 bits per heavy atom. The molecule has 0 unspecified atom stereocenters. The number of nitrogens with one attached hydrogen (secondary N) is 1. The number of piperazine rings is 1. The standard InChI is InChI=1S/C25H26FN3O3S/c1-17-7-9-18(10-8-17)19-16-33-24(23(19)25(31)32-2)27-22(30)15-28-11-13-29(14-12-28)21-6-4-3-5-20(21)26/h3-10,16H,11-15H2,1-2H3,(H,27,30). The number of nitrogens with zero attached hydrogens (tertiary/aromatic N) is 2. The Bertz CT molecular complexity index is 1140. The molecule has 4 rings (SSSR count). The first kappa shape index (κ1) is 22.9. The van der Waals surface area contributed by atoms with Crippen molar-refractivity contribution < 1.29 is 18.7 Å². The van der Waals surface area contributed by atoms with E-state index in [2.05, 4.69) is 5.32 Å². The third-order valence-electron chi connectivity index (χ3n) is 5.73. The van der Waals surface area contributed by atoms with Crippen LogP contribution in [-0.4, -0.2) is 56.6 Å². The highest BCUT2D eigenvalue weighted by molar-refractivity contribution is 7.15. The molecule has 1 N–H and O–H groups in total. The normalized spacial score (nSPS) is 14.2. The second-order valence-electron chi connectivity index (χ2n) is 7.97. The molecule has 3 aromatic rings. The molecule has 1 amide bonds. The van der Waals surface area contributed by atoms with Crippen molar-refractivity contribution in [3.63, 3.8) is 0 Å². The van der Waals surface area contributed by atoms with Crippen LogP contribution < -0.4 is 10.2 Å². The average Bonchev–Trinajstić information content (AvgIpc) is 3.23. The Kier molecular flexibility index (Phi) is 7.05. The van der Waals surface area contributed by atoms with E-state index < -0.39 is 5.97 Å². The molecule has 33 heavy (non-hydrogen) atoms. The van der Waals surface area contributed by atoms with Crippen LogP contribution in [0.5, 0.6) is 0 Å².